The number of rotatable bonds is 6. The molecule has 4 nitrogen and oxygen atoms in total. The average molecular weight is 285 g/mol. The van der Waals surface area contributed by atoms with Crippen LogP contribution >= 0.6 is 0 Å². The molecule has 0 saturated carbocycles. The molecule has 0 spiro atoms. The number of anilines is 1. The zero-order valence-corrected chi connectivity index (χ0v) is 12.3. The zero-order valence-electron chi connectivity index (χ0n) is 12.3. The Balaban J connectivity index is 2.22. The van der Waals surface area contributed by atoms with Crippen LogP contribution in [0.1, 0.15) is 30.6 Å². The van der Waals surface area contributed by atoms with Gasteiger partial charge in [0, 0.05) is 17.3 Å². The van der Waals surface area contributed by atoms with Crippen molar-refractivity contribution in [2.75, 3.05) is 12.3 Å². The van der Waals surface area contributed by atoms with Gasteiger partial charge in [0.05, 0.1) is 6.61 Å². The molecule has 2 N–H and O–H groups in total. The van der Waals surface area contributed by atoms with E-state index in [-0.39, 0.29) is 5.78 Å². The number of nitrogen functional groups attached to an aromatic ring is 1. The number of Topliss-reactive ketones (excluding diaryl/α,β-unsaturated/α-hetero) is 1. The monoisotopic (exact) mass is 285 g/mol. The molecule has 2 aromatic carbocycles. The molecule has 0 aliphatic carbocycles. The number of hydrogen-bond acceptors (Lipinski definition) is 4. The summed E-state index contributed by atoms with van der Waals surface area (Å²) < 4.78 is 11.4. The van der Waals surface area contributed by atoms with Crippen molar-refractivity contribution in [3.8, 4) is 17.2 Å². The number of carbonyl (C=O) groups excluding carboxylic acids is 1. The number of ether oxygens (including phenoxy) is 2. The van der Waals surface area contributed by atoms with Crippen LogP contribution in [0.4, 0.5) is 5.69 Å². The molecule has 0 heterocycles. The number of para-hydroxylation sites is 2. The van der Waals surface area contributed by atoms with Crippen molar-refractivity contribution in [3.63, 3.8) is 0 Å². The minimum atomic E-state index is -0.0641. The van der Waals surface area contributed by atoms with Crippen molar-refractivity contribution in [1.82, 2.24) is 0 Å². The van der Waals surface area contributed by atoms with Crippen LogP contribution in [0.2, 0.25) is 0 Å². The lowest BCUT2D eigenvalue weighted by molar-refractivity contribution is 0.101. The second kappa shape index (κ2) is 6.79. The summed E-state index contributed by atoms with van der Waals surface area (Å²) in [6, 6.07) is 12.5. The first kappa shape index (κ1) is 14.9. The van der Waals surface area contributed by atoms with Crippen molar-refractivity contribution in [1.29, 1.82) is 0 Å². The van der Waals surface area contributed by atoms with Crippen LogP contribution < -0.4 is 15.2 Å². The molecular formula is C17H19NO3. The lowest BCUT2D eigenvalue weighted by Gasteiger charge is -2.12. The van der Waals surface area contributed by atoms with Gasteiger partial charge in [-0.25, -0.2) is 0 Å². The molecule has 21 heavy (non-hydrogen) atoms. The van der Waals surface area contributed by atoms with Crippen LogP contribution in [0.3, 0.4) is 0 Å². The Bertz CT molecular complexity index is 638. The third-order valence-corrected chi connectivity index (χ3v) is 2.94. The van der Waals surface area contributed by atoms with Crippen LogP contribution in [0.25, 0.3) is 0 Å². The van der Waals surface area contributed by atoms with Crippen molar-refractivity contribution in [2.24, 2.45) is 0 Å². The highest BCUT2D eigenvalue weighted by Crippen LogP contribution is 2.32. The van der Waals surface area contributed by atoms with E-state index in [0.29, 0.717) is 35.1 Å². The van der Waals surface area contributed by atoms with Crippen molar-refractivity contribution >= 4 is 11.5 Å². The highest BCUT2D eigenvalue weighted by Gasteiger charge is 2.09. The van der Waals surface area contributed by atoms with E-state index >= 15 is 0 Å². The van der Waals surface area contributed by atoms with E-state index in [1.807, 2.05) is 31.2 Å². The van der Waals surface area contributed by atoms with Gasteiger partial charge in [0.15, 0.2) is 17.3 Å². The molecule has 0 aromatic heterocycles. The summed E-state index contributed by atoms with van der Waals surface area (Å²) in [5, 5.41) is 0. The van der Waals surface area contributed by atoms with E-state index in [9.17, 15) is 4.79 Å². The van der Waals surface area contributed by atoms with E-state index in [4.69, 9.17) is 15.2 Å². The number of carbonyl (C=O) groups is 1. The highest BCUT2D eigenvalue weighted by molar-refractivity contribution is 5.99. The van der Waals surface area contributed by atoms with Gasteiger partial charge in [-0.05, 0) is 37.6 Å². The Kier molecular flexibility index (Phi) is 4.82. The summed E-state index contributed by atoms with van der Waals surface area (Å²) >= 11 is 0. The predicted octanol–water partition coefficient (Wildman–Crippen LogP) is 4.05. The molecule has 0 radical (unpaired) electrons. The lowest BCUT2D eigenvalue weighted by atomic mass is 10.1. The van der Waals surface area contributed by atoms with Gasteiger partial charge in [0.2, 0.25) is 0 Å². The Morgan fingerprint density at radius 1 is 1.14 bits per heavy atom. The van der Waals surface area contributed by atoms with Crippen LogP contribution in [-0.2, 0) is 0 Å². The SMILES string of the molecule is CCCOc1ccccc1Oc1ccc(C(C)=O)c(N)c1. The maximum Gasteiger partial charge on any atom is 0.169 e. The molecule has 0 fully saturated rings. The summed E-state index contributed by atoms with van der Waals surface area (Å²) in [5.41, 5.74) is 6.77. The molecule has 0 aliphatic heterocycles. The molecule has 0 unspecified atom stereocenters. The molecular weight excluding hydrogens is 266 g/mol. The fraction of sp³-hybridized carbons (Fsp3) is 0.235. The van der Waals surface area contributed by atoms with E-state index in [0.717, 1.165) is 6.42 Å². The fourth-order valence-corrected chi connectivity index (χ4v) is 1.92. The van der Waals surface area contributed by atoms with E-state index in [1.165, 1.54) is 6.92 Å². The van der Waals surface area contributed by atoms with Gasteiger partial charge in [0.25, 0.3) is 0 Å². The number of ketones is 1. The maximum atomic E-state index is 11.4. The molecule has 4 heteroatoms. The molecule has 0 amide bonds. The van der Waals surface area contributed by atoms with Crippen LogP contribution in [0.5, 0.6) is 17.2 Å². The molecule has 2 rings (SSSR count). The minimum absolute atomic E-state index is 0.0641. The van der Waals surface area contributed by atoms with E-state index in [1.54, 1.807) is 18.2 Å². The first-order valence-electron chi connectivity index (χ1n) is 6.92. The van der Waals surface area contributed by atoms with Crippen LogP contribution in [0.15, 0.2) is 42.5 Å². The first-order chi connectivity index (χ1) is 10.1. The van der Waals surface area contributed by atoms with Crippen LogP contribution in [-0.4, -0.2) is 12.4 Å². The number of benzene rings is 2. The molecule has 0 saturated heterocycles. The largest absolute Gasteiger partial charge is 0.490 e. The third kappa shape index (κ3) is 3.75. The van der Waals surface area contributed by atoms with Gasteiger partial charge in [-0.15, -0.1) is 0 Å². The lowest BCUT2D eigenvalue weighted by Crippen LogP contribution is -2.00. The molecule has 110 valence electrons. The first-order valence-corrected chi connectivity index (χ1v) is 6.92. The van der Waals surface area contributed by atoms with Gasteiger partial charge >= 0.3 is 0 Å². The molecule has 0 bridgehead atoms. The quantitative estimate of drug-likeness (QED) is 0.642. The second-order valence-electron chi connectivity index (χ2n) is 4.70. The fourth-order valence-electron chi connectivity index (χ4n) is 1.92. The summed E-state index contributed by atoms with van der Waals surface area (Å²) in [5.74, 6) is 1.82. The maximum absolute atomic E-state index is 11.4. The average Bonchev–Trinajstić information content (AvgIpc) is 2.46. The zero-order chi connectivity index (χ0) is 15.2. The molecule has 2 aromatic rings. The van der Waals surface area contributed by atoms with Crippen molar-refractivity contribution in [2.45, 2.75) is 20.3 Å². The standard InChI is InChI=1S/C17H19NO3/c1-3-10-20-16-6-4-5-7-17(16)21-13-8-9-14(12(2)19)15(18)11-13/h4-9,11H,3,10,18H2,1-2H3. The van der Waals surface area contributed by atoms with Gasteiger partial charge in [-0.1, -0.05) is 19.1 Å². The smallest absolute Gasteiger partial charge is 0.169 e. The van der Waals surface area contributed by atoms with Crippen LogP contribution in [0, 0.1) is 0 Å². The summed E-state index contributed by atoms with van der Waals surface area (Å²) in [4.78, 5) is 11.4. The molecule has 0 aliphatic rings. The Morgan fingerprint density at radius 3 is 2.48 bits per heavy atom. The van der Waals surface area contributed by atoms with Gasteiger partial charge < -0.3 is 15.2 Å². The predicted molar refractivity (Wildman–Crippen MR) is 83.2 cm³/mol. The van der Waals surface area contributed by atoms with Crippen molar-refractivity contribution in [3.05, 3.63) is 48.0 Å². The second-order valence-corrected chi connectivity index (χ2v) is 4.70. The Hall–Kier alpha value is -2.49. The van der Waals surface area contributed by atoms with E-state index in [2.05, 4.69) is 0 Å². The van der Waals surface area contributed by atoms with Crippen molar-refractivity contribution < 1.29 is 14.3 Å². The highest BCUT2D eigenvalue weighted by atomic mass is 16.5. The normalized spacial score (nSPS) is 10.2. The molecule has 0 atom stereocenters. The summed E-state index contributed by atoms with van der Waals surface area (Å²) in [6.45, 7) is 4.16. The third-order valence-electron chi connectivity index (χ3n) is 2.94. The Labute approximate surface area is 124 Å². The van der Waals surface area contributed by atoms with Gasteiger partial charge in [-0.2, -0.15) is 0 Å². The topological polar surface area (TPSA) is 61.5 Å². The summed E-state index contributed by atoms with van der Waals surface area (Å²) in [6.07, 6.45) is 0.925. The number of hydrogen-bond donors (Lipinski definition) is 1. The van der Waals surface area contributed by atoms with Gasteiger partial charge in [0.1, 0.15) is 5.75 Å². The number of nitrogens with two attached hydrogens (primary N) is 1. The van der Waals surface area contributed by atoms with Gasteiger partial charge in [-0.3, -0.25) is 4.79 Å². The summed E-state index contributed by atoms with van der Waals surface area (Å²) in [7, 11) is 0. The minimum Gasteiger partial charge on any atom is -0.490 e. The van der Waals surface area contributed by atoms with E-state index < -0.39 is 0 Å². The Morgan fingerprint density at radius 2 is 1.86 bits per heavy atom.